The molecule has 0 radical (unpaired) electrons. The Kier molecular flexibility index (Phi) is 4.66. The van der Waals surface area contributed by atoms with Gasteiger partial charge in [-0.15, -0.1) is 0 Å². The average molecular weight is 366 g/mol. The summed E-state index contributed by atoms with van der Waals surface area (Å²) in [5, 5.41) is 5.38. The minimum absolute atomic E-state index is 0.0170. The third kappa shape index (κ3) is 3.57. The molecule has 1 aliphatic rings. The topological polar surface area (TPSA) is 41.4 Å². The van der Waals surface area contributed by atoms with E-state index in [9.17, 15) is 9.18 Å². The number of carbonyl (C=O) groups is 1. The molecule has 6 heteroatoms. The Morgan fingerprint density at radius 1 is 1.11 bits per heavy atom. The molecular formula is C21H23FN4O. The van der Waals surface area contributed by atoms with Crippen molar-refractivity contribution in [3.05, 3.63) is 65.1 Å². The number of carbonyl (C=O) groups excluding carboxylic acids is 1. The minimum Gasteiger partial charge on any atom is -0.335 e. The lowest BCUT2D eigenvalue weighted by Gasteiger charge is -2.34. The number of hydrogen-bond acceptors (Lipinski definition) is 3. The summed E-state index contributed by atoms with van der Waals surface area (Å²) in [5.74, 6) is -0.227. The van der Waals surface area contributed by atoms with Gasteiger partial charge in [0.2, 0.25) is 0 Å². The van der Waals surface area contributed by atoms with Gasteiger partial charge in [0.15, 0.2) is 5.69 Å². The summed E-state index contributed by atoms with van der Waals surface area (Å²) in [6.45, 7) is 5.56. The molecule has 5 nitrogen and oxygen atoms in total. The van der Waals surface area contributed by atoms with E-state index in [2.05, 4.69) is 10.00 Å². The molecular weight excluding hydrogens is 343 g/mol. The molecule has 0 aliphatic carbocycles. The van der Waals surface area contributed by atoms with E-state index in [0.717, 1.165) is 35.1 Å². The van der Waals surface area contributed by atoms with Crippen LogP contribution in [0.4, 0.5) is 4.39 Å². The normalized spacial score (nSPS) is 15.4. The lowest BCUT2D eigenvalue weighted by atomic mass is 10.1. The molecule has 4 rings (SSSR count). The fourth-order valence-corrected chi connectivity index (χ4v) is 3.69. The highest BCUT2D eigenvalue weighted by atomic mass is 19.1. The zero-order valence-electron chi connectivity index (χ0n) is 15.7. The van der Waals surface area contributed by atoms with E-state index in [-0.39, 0.29) is 11.7 Å². The summed E-state index contributed by atoms with van der Waals surface area (Å²) >= 11 is 0. The maximum absolute atomic E-state index is 13.4. The summed E-state index contributed by atoms with van der Waals surface area (Å²) in [6, 6.07) is 12.8. The third-order valence-corrected chi connectivity index (χ3v) is 5.16. The van der Waals surface area contributed by atoms with E-state index in [1.807, 2.05) is 43.1 Å². The molecule has 3 aromatic rings. The van der Waals surface area contributed by atoms with Gasteiger partial charge in [0.05, 0.1) is 5.52 Å². The van der Waals surface area contributed by atoms with Crippen molar-refractivity contribution < 1.29 is 9.18 Å². The fraction of sp³-hybridized carbons (Fsp3) is 0.333. The lowest BCUT2D eigenvalue weighted by molar-refractivity contribution is 0.0623. The molecule has 140 valence electrons. The molecule has 2 aromatic carbocycles. The average Bonchev–Trinajstić information content (AvgIpc) is 2.98. The second-order valence-corrected chi connectivity index (χ2v) is 7.19. The van der Waals surface area contributed by atoms with Gasteiger partial charge in [-0.25, -0.2) is 4.39 Å². The van der Waals surface area contributed by atoms with Crippen LogP contribution in [0.2, 0.25) is 0 Å². The van der Waals surface area contributed by atoms with Crippen LogP contribution in [-0.4, -0.2) is 51.7 Å². The lowest BCUT2D eigenvalue weighted by Crippen LogP contribution is -2.48. The summed E-state index contributed by atoms with van der Waals surface area (Å²) in [4.78, 5) is 17.1. The van der Waals surface area contributed by atoms with Crippen molar-refractivity contribution in [1.29, 1.82) is 0 Å². The van der Waals surface area contributed by atoms with Crippen molar-refractivity contribution in [2.75, 3.05) is 26.2 Å². The smallest absolute Gasteiger partial charge is 0.275 e. The molecule has 0 saturated carbocycles. The van der Waals surface area contributed by atoms with Gasteiger partial charge in [0.25, 0.3) is 5.91 Å². The first kappa shape index (κ1) is 17.7. The van der Waals surface area contributed by atoms with E-state index in [0.29, 0.717) is 25.3 Å². The molecule has 0 atom stereocenters. The van der Waals surface area contributed by atoms with Crippen LogP contribution in [-0.2, 0) is 13.6 Å². The van der Waals surface area contributed by atoms with Gasteiger partial charge in [-0.3, -0.25) is 14.4 Å². The van der Waals surface area contributed by atoms with Crippen LogP contribution in [0.3, 0.4) is 0 Å². The van der Waals surface area contributed by atoms with E-state index in [1.165, 1.54) is 6.07 Å². The number of aryl methyl sites for hydroxylation is 2. The zero-order valence-corrected chi connectivity index (χ0v) is 15.7. The molecule has 0 spiro atoms. The number of hydrogen-bond donors (Lipinski definition) is 0. The Morgan fingerprint density at radius 2 is 1.89 bits per heavy atom. The molecule has 27 heavy (non-hydrogen) atoms. The van der Waals surface area contributed by atoms with E-state index in [4.69, 9.17) is 0 Å². The van der Waals surface area contributed by atoms with E-state index in [1.54, 1.807) is 16.8 Å². The molecule has 1 aromatic heterocycles. The van der Waals surface area contributed by atoms with Crippen molar-refractivity contribution in [2.24, 2.45) is 7.05 Å². The first-order chi connectivity index (χ1) is 13.0. The van der Waals surface area contributed by atoms with Gasteiger partial charge in [-0.05, 0) is 36.8 Å². The first-order valence-electron chi connectivity index (χ1n) is 9.21. The number of fused-ring (bicyclic) bond motifs is 1. The van der Waals surface area contributed by atoms with Crippen LogP contribution in [0.5, 0.6) is 0 Å². The SMILES string of the molecule is Cc1ccc2c(c1)c(C(=O)N1CCN(Cc3cccc(F)c3)CC1)nn2C. The monoisotopic (exact) mass is 366 g/mol. The van der Waals surface area contributed by atoms with Crippen molar-refractivity contribution in [1.82, 2.24) is 19.6 Å². The van der Waals surface area contributed by atoms with E-state index < -0.39 is 0 Å². The van der Waals surface area contributed by atoms with Crippen molar-refractivity contribution in [3.63, 3.8) is 0 Å². The number of halogens is 1. The number of rotatable bonds is 3. The minimum atomic E-state index is -0.210. The summed E-state index contributed by atoms with van der Waals surface area (Å²) in [5.41, 5.74) is 3.56. The van der Waals surface area contributed by atoms with E-state index >= 15 is 0 Å². The zero-order chi connectivity index (χ0) is 19.0. The Balaban J connectivity index is 1.45. The summed E-state index contributed by atoms with van der Waals surface area (Å²) in [7, 11) is 1.87. The number of nitrogens with zero attached hydrogens (tertiary/aromatic N) is 4. The predicted molar refractivity (Wildman–Crippen MR) is 103 cm³/mol. The molecule has 0 bridgehead atoms. The molecule has 1 saturated heterocycles. The summed E-state index contributed by atoms with van der Waals surface area (Å²) < 4.78 is 15.1. The van der Waals surface area contributed by atoms with Gasteiger partial charge in [0, 0.05) is 45.2 Å². The van der Waals surface area contributed by atoms with Gasteiger partial charge in [0.1, 0.15) is 5.82 Å². The van der Waals surface area contributed by atoms with Gasteiger partial charge in [-0.1, -0.05) is 23.8 Å². The summed E-state index contributed by atoms with van der Waals surface area (Å²) in [6.07, 6.45) is 0. The second kappa shape index (κ2) is 7.12. The maximum Gasteiger partial charge on any atom is 0.275 e. The van der Waals surface area contributed by atoms with Crippen LogP contribution in [0.25, 0.3) is 10.9 Å². The molecule has 0 unspecified atom stereocenters. The fourth-order valence-electron chi connectivity index (χ4n) is 3.69. The van der Waals surface area contributed by atoms with Gasteiger partial charge < -0.3 is 4.90 Å². The van der Waals surface area contributed by atoms with Gasteiger partial charge in [-0.2, -0.15) is 5.10 Å². The third-order valence-electron chi connectivity index (χ3n) is 5.16. The number of piperazine rings is 1. The highest BCUT2D eigenvalue weighted by molar-refractivity contribution is 6.05. The number of amides is 1. The van der Waals surface area contributed by atoms with Crippen LogP contribution >= 0.6 is 0 Å². The Bertz CT molecular complexity index is 989. The van der Waals surface area contributed by atoms with Crippen molar-refractivity contribution >= 4 is 16.8 Å². The molecule has 1 aliphatic heterocycles. The van der Waals surface area contributed by atoms with Crippen LogP contribution in [0, 0.1) is 12.7 Å². The van der Waals surface area contributed by atoms with Crippen molar-refractivity contribution in [3.8, 4) is 0 Å². The highest BCUT2D eigenvalue weighted by Crippen LogP contribution is 2.21. The Labute approximate surface area is 158 Å². The largest absolute Gasteiger partial charge is 0.335 e. The van der Waals surface area contributed by atoms with Crippen LogP contribution in [0.15, 0.2) is 42.5 Å². The molecule has 1 amide bonds. The molecule has 0 N–H and O–H groups in total. The highest BCUT2D eigenvalue weighted by Gasteiger charge is 2.26. The molecule has 2 heterocycles. The van der Waals surface area contributed by atoms with Crippen molar-refractivity contribution in [2.45, 2.75) is 13.5 Å². The first-order valence-corrected chi connectivity index (χ1v) is 9.21. The quantitative estimate of drug-likeness (QED) is 0.716. The van der Waals surface area contributed by atoms with Gasteiger partial charge >= 0.3 is 0 Å². The number of aromatic nitrogens is 2. The Morgan fingerprint density at radius 3 is 2.63 bits per heavy atom. The number of benzene rings is 2. The standard InChI is InChI=1S/C21H23FN4O/c1-15-6-7-19-18(12-15)20(23-24(19)2)21(27)26-10-8-25(9-11-26)14-16-4-3-5-17(22)13-16/h3-7,12-13H,8-11,14H2,1-2H3. The second-order valence-electron chi connectivity index (χ2n) is 7.19. The molecule has 1 fully saturated rings. The predicted octanol–water partition coefficient (Wildman–Crippen LogP) is 2.98. The Hall–Kier alpha value is -2.73. The van der Waals surface area contributed by atoms with Crippen LogP contribution < -0.4 is 0 Å². The van der Waals surface area contributed by atoms with Crippen LogP contribution in [0.1, 0.15) is 21.6 Å². The maximum atomic E-state index is 13.4.